The maximum Gasteiger partial charge on any atom is 0.269 e. The summed E-state index contributed by atoms with van der Waals surface area (Å²) in [7, 11) is 0. The summed E-state index contributed by atoms with van der Waals surface area (Å²) in [6.07, 6.45) is 3.40. The Morgan fingerprint density at radius 1 is 1.25 bits per heavy atom. The molecule has 0 aliphatic heterocycles. The minimum atomic E-state index is -0.341. The van der Waals surface area contributed by atoms with E-state index in [0.29, 0.717) is 12.0 Å². The molecule has 0 aliphatic carbocycles. The molecule has 0 bridgehead atoms. The highest BCUT2D eigenvalue weighted by atomic mass is 16.6. The quantitative estimate of drug-likeness (QED) is 0.564. The highest BCUT2D eigenvalue weighted by molar-refractivity contribution is 5.35. The van der Waals surface area contributed by atoms with E-state index in [1.54, 1.807) is 12.1 Å². The highest BCUT2D eigenvalue weighted by Gasteiger charge is 2.16. The van der Waals surface area contributed by atoms with E-state index in [4.69, 9.17) is 0 Å². The van der Waals surface area contributed by atoms with E-state index in [2.05, 4.69) is 33.0 Å². The van der Waals surface area contributed by atoms with E-state index in [9.17, 15) is 10.1 Å². The van der Waals surface area contributed by atoms with Crippen LogP contribution in [0.5, 0.6) is 0 Å². The molecule has 1 aromatic carbocycles. The number of nitrogens with one attached hydrogen (secondary N) is 1. The number of benzene rings is 1. The van der Waals surface area contributed by atoms with Crippen molar-refractivity contribution in [2.45, 2.75) is 59.0 Å². The van der Waals surface area contributed by atoms with E-state index in [1.807, 2.05) is 6.07 Å². The average molecular weight is 278 g/mol. The van der Waals surface area contributed by atoms with Crippen LogP contribution in [-0.2, 0) is 0 Å². The SMILES string of the molecule is CCC(C)CC(CC)NC(C)c1cccc([N+](=O)[O-])c1. The molecule has 0 fully saturated rings. The van der Waals surface area contributed by atoms with Crippen LogP contribution >= 0.6 is 0 Å². The molecule has 1 aromatic rings. The van der Waals surface area contributed by atoms with E-state index in [0.717, 1.165) is 18.4 Å². The van der Waals surface area contributed by atoms with Crippen molar-refractivity contribution in [2.24, 2.45) is 5.92 Å². The largest absolute Gasteiger partial charge is 0.307 e. The van der Waals surface area contributed by atoms with Crippen molar-refractivity contribution < 1.29 is 4.92 Å². The molecule has 20 heavy (non-hydrogen) atoms. The van der Waals surface area contributed by atoms with Gasteiger partial charge in [-0.25, -0.2) is 0 Å². The predicted octanol–water partition coefficient (Wildman–Crippen LogP) is 4.46. The molecule has 0 saturated carbocycles. The molecule has 112 valence electrons. The summed E-state index contributed by atoms with van der Waals surface area (Å²) in [5, 5.41) is 14.4. The first-order valence-corrected chi connectivity index (χ1v) is 7.48. The number of nitro benzene ring substituents is 1. The molecular formula is C16H26N2O2. The van der Waals surface area contributed by atoms with Gasteiger partial charge >= 0.3 is 0 Å². The van der Waals surface area contributed by atoms with Gasteiger partial charge in [-0.2, -0.15) is 0 Å². The maximum absolute atomic E-state index is 10.8. The van der Waals surface area contributed by atoms with Crippen LogP contribution in [0.1, 0.15) is 58.6 Å². The first-order chi connectivity index (χ1) is 9.47. The molecule has 0 saturated heterocycles. The normalized spacial score (nSPS) is 15.6. The number of hydrogen-bond acceptors (Lipinski definition) is 3. The van der Waals surface area contributed by atoms with Gasteiger partial charge in [-0.05, 0) is 31.2 Å². The van der Waals surface area contributed by atoms with Gasteiger partial charge in [-0.15, -0.1) is 0 Å². The molecule has 3 unspecified atom stereocenters. The van der Waals surface area contributed by atoms with Crippen LogP contribution in [0.15, 0.2) is 24.3 Å². The molecule has 0 aromatic heterocycles. The van der Waals surface area contributed by atoms with Crippen molar-refractivity contribution in [3.63, 3.8) is 0 Å². The first kappa shape index (κ1) is 16.6. The third-order valence-corrected chi connectivity index (χ3v) is 3.94. The lowest BCUT2D eigenvalue weighted by atomic mass is 9.96. The molecule has 0 amide bonds. The second kappa shape index (κ2) is 8.00. The fraction of sp³-hybridized carbons (Fsp3) is 0.625. The zero-order chi connectivity index (χ0) is 15.1. The standard InChI is InChI=1S/C16H26N2O2/c1-5-12(3)10-15(6-2)17-13(4)14-8-7-9-16(11-14)18(19)20/h7-9,11-13,15,17H,5-6,10H2,1-4H3. The molecule has 4 heteroatoms. The Balaban J connectivity index is 2.71. The summed E-state index contributed by atoms with van der Waals surface area (Å²) in [6, 6.07) is 7.48. The summed E-state index contributed by atoms with van der Waals surface area (Å²) in [6.45, 7) is 8.72. The molecule has 0 heterocycles. The van der Waals surface area contributed by atoms with Crippen LogP contribution in [0.25, 0.3) is 0 Å². The Morgan fingerprint density at radius 3 is 2.50 bits per heavy atom. The minimum Gasteiger partial charge on any atom is -0.307 e. The second-order valence-corrected chi connectivity index (χ2v) is 5.59. The second-order valence-electron chi connectivity index (χ2n) is 5.59. The summed E-state index contributed by atoms with van der Waals surface area (Å²) in [5.74, 6) is 0.699. The lowest BCUT2D eigenvalue weighted by Gasteiger charge is -2.24. The van der Waals surface area contributed by atoms with Crippen molar-refractivity contribution in [3.8, 4) is 0 Å². The predicted molar refractivity (Wildman–Crippen MR) is 82.8 cm³/mol. The topological polar surface area (TPSA) is 55.2 Å². The monoisotopic (exact) mass is 278 g/mol. The smallest absolute Gasteiger partial charge is 0.269 e. The first-order valence-electron chi connectivity index (χ1n) is 7.48. The zero-order valence-electron chi connectivity index (χ0n) is 12.9. The molecule has 0 spiro atoms. The Bertz CT molecular complexity index is 434. The number of nitro groups is 1. The van der Waals surface area contributed by atoms with Gasteiger partial charge in [-0.1, -0.05) is 39.3 Å². The van der Waals surface area contributed by atoms with Crippen LogP contribution in [0.3, 0.4) is 0 Å². The van der Waals surface area contributed by atoms with Crippen LogP contribution in [0.4, 0.5) is 5.69 Å². The molecular weight excluding hydrogens is 252 g/mol. The number of nitrogens with zero attached hydrogens (tertiary/aromatic N) is 1. The molecule has 1 rings (SSSR count). The fourth-order valence-corrected chi connectivity index (χ4v) is 2.36. The Hall–Kier alpha value is -1.42. The van der Waals surface area contributed by atoms with Crippen LogP contribution in [0, 0.1) is 16.0 Å². The Labute approximate surface area is 121 Å². The summed E-state index contributed by atoms with van der Waals surface area (Å²) >= 11 is 0. The molecule has 3 atom stereocenters. The third-order valence-electron chi connectivity index (χ3n) is 3.94. The maximum atomic E-state index is 10.8. The minimum absolute atomic E-state index is 0.129. The van der Waals surface area contributed by atoms with Crippen molar-refractivity contribution in [1.29, 1.82) is 0 Å². The van der Waals surface area contributed by atoms with Crippen LogP contribution in [-0.4, -0.2) is 11.0 Å². The van der Waals surface area contributed by atoms with Gasteiger partial charge in [0.25, 0.3) is 5.69 Å². The molecule has 1 N–H and O–H groups in total. The Kier molecular flexibility index (Phi) is 6.65. The van der Waals surface area contributed by atoms with Crippen molar-refractivity contribution in [2.75, 3.05) is 0 Å². The van der Waals surface area contributed by atoms with E-state index in [-0.39, 0.29) is 16.7 Å². The molecule has 4 nitrogen and oxygen atoms in total. The van der Waals surface area contributed by atoms with Gasteiger partial charge in [0.15, 0.2) is 0 Å². The number of non-ortho nitro benzene ring substituents is 1. The summed E-state index contributed by atoms with van der Waals surface area (Å²) < 4.78 is 0. The van der Waals surface area contributed by atoms with Crippen LogP contribution < -0.4 is 5.32 Å². The molecule has 0 radical (unpaired) electrons. The summed E-state index contributed by atoms with van der Waals surface area (Å²) in [4.78, 5) is 10.5. The summed E-state index contributed by atoms with van der Waals surface area (Å²) in [5.41, 5.74) is 1.13. The van der Waals surface area contributed by atoms with Crippen molar-refractivity contribution in [1.82, 2.24) is 5.32 Å². The van der Waals surface area contributed by atoms with Gasteiger partial charge in [0, 0.05) is 24.2 Å². The highest BCUT2D eigenvalue weighted by Crippen LogP contribution is 2.21. The van der Waals surface area contributed by atoms with Gasteiger partial charge in [-0.3, -0.25) is 10.1 Å². The zero-order valence-corrected chi connectivity index (χ0v) is 12.9. The van der Waals surface area contributed by atoms with Gasteiger partial charge in [0.2, 0.25) is 0 Å². The van der Waals surface area contributed by atoms with Crippen LogP contribution in [0.2, 0.25) is 0 Å². The van der Waals surface area contributed by atoms with Crippen molar-refractivity contribution >= 4 is 5.69 Å². The molecule has 0 aliphatic rings. The fourth-order valence-electron chi connectivity index (χ4n) is 2.36. The third kappa shape index (κ3) is 4.93. The van der Waals surface area contributed by atoms with Crippen molar-refractivity contribution in [3.05, 3.63) is 39.9 Å². The average Bonchev–Trinajstić information content (AvgIpc) is 2.46. The Morgan fingerprint density at radius 2 is 1.95 bits per heavy atom. The number of hydrogen-bond donors (Lipinski definition) is 1. The van der Waals surface area contributed by atoms with E-state index in [1.165, 1.54) is 12.5 Å². The van der Waals surface area contributed by atoms with Gasteiger partial charge in [0.1, 0.15) is 0 Å². The van der Waals surface area contributed by atoms with Gasteiger partial charge in [0.05, 0.1) is 4.92 Å². The van der Waals surface area contributed by atoms with E-state index >= 15 is 0 Å². The van der Waals surface area contributed by atoms with E-state index < -0.39 is 0 Å². The number of rotatable bonds is 8. The lowest BCUT2D eigenvalue weighted by molar-refractivity contribution is -0.384. The lowest BCUT2D eigenvalue weighted by Crippen LogP contribution is -2.32. The van der Waals surface area contributed by atoms with Gasteiger partial charge < -0.3 is 5.32 Å².